The lowest BCUT2D eigenvalue weighted by Gasteiger charge is -2.36. The van der Waals surface area contributed by atoms with Crippen molar-refractivity contribution in [3.8, 4) is 22.5 Å². The number of urea groups is 1. The van der Waals surface area contributed by atoms with Gasteiger partial charge in [-0.2, -0.15) is 13.2 Å². The van der Waals surface area contributed by atoms with Gasteiger partial charge in [0.05, 0.1) is 35.7 Å². The minimum absolute atomic E-state index is 0.144. The van der Waals surface area contributed by atoms with Crippen LogP contribution in [0.25, 0.3) is 22.5 Å². The second-order valence-electron chi connectivity index (χ2n) is 12.2. The van der Waals surface area contributed by atoms with Gasteiger partial charge in [0.25, 0.3) is 0 Å². The minimum Gasteiger partial charge on any atom is -0.444 e. The summed E-state index contributed by atoms with van der Waals surface area (Å²) in [7, 11) is 0. The van der Waals surface area contributed by atoms with Crippen LogP contribution < -0.4 is 20.4 Å². The summed E-state index contributed by atoms with van der Waals surface area (Å²) < 4.78 is 47.0. The van der Waals surface area contributed by atoms with E-state index in [0.29, 0.717) is 48.1 Å². The topological polar surface area (TPSA) is 118 Å². The van der Waals surface area contributed by atoms with Crippen LogP contribution in [0.3, 0.4) is 0 Å². The van der Waals surface area contributed by atoms with E-state index >= 15 is 0 Å². The highest BCUT2D eigenvalue weighted by Gasteiger charge is 2.40. The maximum absolute atomic E-state index is 13.8. The zero-order chi connectivity index (χ0) is 32.6. The second kappa shape index (κ2) is 12.0. The monoisotopic (exact) mass is 634 g/mol. The van der Waals surface area contributed by atoms with Gasteiger partial charge in [0, 0.05) is 36.4 Å². The Bertz CT molecular complexity index is 1770. The summed E-state index contributed by atoms with van der Waals surface area (Å²) in [5.41, 5.74) is 1.89. The third-order valence-corrected chi connectivity index (χ3v) is 7.61. The van der Waals surface area contributed by atoms with Gasteiger partial charge in [0.2, 0.25) is 0 Å². The summed E-state index contributed by atoms with van der Waals surface area (Å²) in [5.74, 6) is 0.403. The molecule has 2 aliphatic heterocycles. The number of hydrogen-bond donors (Lipinski definition) is 2. The van der Waals surface area contributed by atoms with Crippen LogP contribution in [0.15, 0.2) is 66.9 Å². The van der Waals surface area contributed by atoms with Gasteiger partial charge >= 0.3 is 18.3 Å². The first-order valence-corrected chi connectivity index (χ1v) is 14.9. The first-order chi connectivity index (χ1) is 21.8. The fraction of sp³-hybridized carbons (Fsp3) is 0.344. The average Bonchev–Trinajstić information content (AvgIpc) is 3.64. The van der Waals surface area contributed by atoms with Gasteiger partial charge in [-0.25, -0.2) is 14.6 Å². The summed E-state index contributed by atoms with van der Waals surface area (Å²) in [6, 6.07) is 15.1. The molecular weight excluding hydrogens is 601 g/mol. The van der Waals surface area contributed by atoms with Crippen molar-refractivity contribution < 1.29 is 27.5 Å². The Labute approximate surface area is 263 Å². The number of carbonyl (C=O) groups is 2. The average molecular weight is 635 g/mol. The fourth-order valence-electron chi connectivity index (χ4n) is 5.55. The lowest BCUT2D eigenvalue weighted by Crippen LogP contribution is -2.48. The molecule has 4 heterocycles. The molecule has 4 aromatic rings. The first-order valence-electron chi connectivity index (χ1n) is 14.9. The Kier molecular flexibility index (Phi) is 8.04. The summed E-state index contributed by atoms with van der Waals surface area (Å²) in [4.78, 5) is 34.1. The van der Waals surface area contributed by atoms with Gasteiger partial charge < -0.3 is 20.3 Å². The van der Waals surface area contributed by atoms with Crippen molar-refractivity contribution in [2.24, 2.45) is 0 Å². The van der Waals surface area contributed by atoms with Crippen molar-refractivity contribution >= 4 is 29.3 Å². The number of carbonyl (C=O) groups excluding carboxylic acids is 2. The number of nitrogens with zero attached hydrogens (tertiary/aromatic N) is 6. The highest BCUT2D eigenvalue weighted by Crippen LogP contribution is 2.41. The van der Waals surface area contributed by atoms with E-state index in [9.17, 15) is 22.8 Å². The molecular formula is C32H33F3N8O3. The molecule has 14 heteroatoms. The molecule has 2 aromatic carbocycles. The van der Waals surface area contributed by atoms with Gasteiger partial charge in [0.15, 0.2) is 5.82 Å². The Balaban J connectivity index is 1.18. The summed E-state index contributed by atoms with van der Waals surface area (Å²) >= 11 is 0. The molecule has 0 spiro atoms. The summed E-state index contributed by atoms with van der Waals surface area (Å²) in [6.45, 7) is 7.42. The number of benzene rings is 2. The number of hydrogen-bond acceptors (Lipinski definition) is 7. The van der Waals surface area contributed by atoms with Crippen molar-refractivity contribution in [3.63, 3.8) is 0 Å². The minimum atomic E-state index is -4.48. The second-order valence-corrected chi connectivity index (χ2v) is 12.2. The van der Waals surface area contributed by atoms with Crippen LogP contribution in [-0.4, -0.2) is 63.4 Å². The van der Waals surface area contributed by atoms with Crippen molar-refractivity contribution in [2.75, 3.05) is 34.8 Å². The van der Waals surface area contributed by atoms with Gasteiger partial charge in [0.1, 0.15) is 11.3 Å². The molecule has 2 N–H and O–H groups in total. The molecule has 2 aromatic heterocycles. The van der Waals surface area contributed by atoms with E-state index in [1.54, 1.807) is 66.9 Å². The molecule has 6 rings (SSSR count). The van der Waals surface area contributed by atoms with Gasteiger partial charge in [-0.1, -0.05) is 29.5 Å². The molecule has 1 fully saturated rings. The predicted molar refractivity (Wildman–Crippen MR) is 166 cm³/mol. The number of rotatable bonds is 6. The molecule has 240 valence electrons. The number of nitrogens with one attached hydrogen (secondary N) is 2. The van der Waals surface area contributed by atoms with E-state index in [-0.39, 0.29) is 6.04 Å². The van der Waals surface area contributed by atoms with E-state index in [2.05, 4.69) is 25.8 Å². The molecule has 3 amide bonds. The molecule has 0 unspecified atom stereocenters. The smallest absolute Gasteiger partial charge is 0.416 e. The van der Waals surface area contributed by atoms with Crippen LogP contribution in [0.4, 0.5) is 40.0 Å². The summed E-state index contributed by atoms with van der Waals surface area (Å²) in [5, 5.41) is 14.0. The normalized spacial score (nSPS) is 15.8. The highest BCUT2D eigenvalue weighted by atomic mass is 19.4. The van der Waals surface area contributed by atoms with Gasteiger partial charge in [-0.15, -0.1) is 5.10 Å². The molecule has 0 aliphatic carbocycles. The Morgan fingerprint density at radius 3 is 2.52 bits per heavy atom. The number of alkyl carbamates (subject to hydrolysis) is 1. The van der Waals surface area contributed by atoms with Crippen LogP contribution >= 0.6 is 0 Å². The lowest BCUT2D eigenvalue weighted by molar-refractivity contribution is -0.137. The maximum atomic E-state index is 13.8. The number of pyridine rings is 1. The number of amides is 3. The van der Waals surface area contributed by atoms with Crippen LogP contribution in [-0.2, 0) is 17.5 Å². The fourth-order valence-corrected chi connectivity index (χ4v) is 5.55. The van der Waals surface area contributed by atoms with Crippen molar-refractivity contribution in [1.82, 2.24) is 25.3 Å². The zero-order valence-corrected chi connectivity index (χ0v) is 25.5. The molecule has 1 atom stereocenters. The third kappa shape index (κ3) is 6.75. The highest BCUT2D eigenvalue weighted by molar-refractivity contribution is 6.05. The number of anilines is 3. The Morgan fingerprint density at radius 2 is 1.76 bits per heavy atom. The first kappa shape index (κ1) is 30.9. The maximum Gasteiger partial charge on any atom is 0.416 e. The van der Waals surface area contributed by atoms with E-state index in [4.69, 9.17) is 9.72 Å². The number of halogens is 3. The predicted octanol–water partition coefficient (Wildman–Crippen LogP) is 6.18. The molecule has 1 saturated heterocycles. The van der Waals surface area contributed by atoms with E-state index in [0.717, 1.165) is 36.3 Å². The molecule has 0 radical (unpaired) electrons. The van der Waals surface area contributed by atoms with Gasteiger partial charge in [-0.3, -0.25) is 9.58 Å². The number of alkyl halides is 3. The van der Waals surface area contributed by atoms with Crippen molar-refractivity contribution in [1.29, 1.82) is 0 Å². The van der Waals surface area contributed by atoms with Crippen LogP contribution in [0.5, 0.6) is 0 Å². The SMILES string of the molecule is CC(C)(C)OC(=O)NCCn1cc(-c2cccc(NC(=O)N3c4nc(-c5cccc(C(F)(F)F)c5)ccc4N4CC[C@H]3C4)c2)nn1. The van der Waals surface area contributed by atoms with E-state index < -0.39 is 29.5 Å². The largest absolute Gasteiger partial charge is 0.444 e. The van der Waals surface area contributed by atoms with Crippen LogP contribution in [0, 0.1) is 0 Å². The standard InChI is InChI=1S/C32H33F3N8O3/c1-31(2,3)46-30(45)36-13-15-42-19-26(39-40-42)21-7-5-9-23(17-21)37-29(44)43-24-12-14-41(18-24)27-11-10-25(38-28(27)43)20-6-4-8-22(16-20)32(33,34)35/h4-11,16-17,19,24H,12-15,18H2,1-3H3,(H,36,45)(H,37,44)/t24-/m0/s1. The Hall–Kier alpha value is -5.14. The quantitative estimate of drug-likeness (QED) is 0.260. The molecule has 2 aliphatic rings. The van der Waals surface area contributed by atoms with Crippen LogP contribution in [0.2, 0.25) is 0 Å². The van der Waals surface area contributed by atoms with Gasteiger partial charge in [-0.05, 0) is 63.6 Å². The molecule has 11 nitrogen and oxygen atoms in total. The van der Waals surface area contributed by atoms with E-state index in [1.807, 2.05) is 12.1 Å². The Morgan fingerprint density at radius 1 is 1.00 bits per heavy atom. The molecule has 2 bridgehead atoms. The summed E-state index contributed by atoms with van der Waals surface area (Å²) in [6.07, 6.45) is -2.53. The zero-order valence-electron chi connectivity index (χ0n) is 25.5. The third-order valence-electron chi connectivity index (χ3n) is 7.61. The van der Waals surface area contributed by atoms with Crippen molar-refractivity contribution in [3.05, 3.63) is 72.4 Å². The lowest BCUT2D eigenvalue weighted by atomic mass is 10.1. The van der Waals surface area contributed by atoms with Crippen LogP contribution in [0.1, 0.15) is 32.8 Å². The number of aromatic nitrogens is 4. The molecule has 46 heavy (non-hydrogen) atoms. The molecule has 0 saturated carbocycles. The number of ether oxygens (including phenoxy) is 1. The number of fused-ring (bicyclic) bond motifs is 4. The van der Waals surface area contributed by atoms with Crippen molar-refractivity contribution in [2.45, 2.75) is 51.6 Å². The van der Waals surface area contributed by atoms with E-state index in [1.165, 1.54) is 6.07 Å².